The molecule has 0 bridgehead atoms. The summed E-state index contributed by atoms with van der Waals surface area (Å²) in [7, 11) is 1.75. The fourth-order valence-corrected chi connectivity index (χ4v) is 3.90. The molecule has 1 heterocycles. The van der Waals surface area contributed by atoms with Crippen LogP contribution >= 0.6 is 27.5 Å². The van der Waals surface area contributed by atoms with Crippen LogP contribution in [0.25, 0.3) is 0 Å². The number of fused-ring (bicyclic) bond motifs is 1. The summed E-state index contributed by atoms with van der Waals surface area (Å²) in [5, 5.41) is 10.2. The van der Waals surface area contributed by atoms with Crippen molar-refractivity contribution >= 4 is 44.8 Å². The Morgan fingerprint density at radius 2 is 2.00 bits per heavy atom. The summed E-state index contributed by atoms with van der Waals surface area (Å²) < 4.78 is 0.759. The summed E-state index contributed by atoms with van der Waals surface area (Å²) in [5.74, 6) is 0.0737. The highest BCUT2D eigenvalue weighted by molar-refractivity contribution is 9.11. The Bertz CT molecular complexity index is 1060. The van der Waals surface area contributed by atoms with Crippen molar-refractivity contribution in [2.45, 2.75) is 18.9 Å². The summed E-state index contributed by atoms with van der Waals surface area (Å²) >= 11 is 9.69. The molecule has 0 saturated heterocycles. The summed E-state index contributed by atoms with van der Waals surface area (Å²) in [6.07, 6.45) is 4.70. The van der Waals surface area contributed by atoms with E-state index in [4.69, 9.17) is 16.6 Å². The topological polar surface area (TPSA) is 52.9 Å². The normalized spacial score (nSPS) is 16.6. The fourth-order valence-electron chi connectivity index (χ4n) is 3.39. The lowest BCUT2D eigenvalue weighted by Crippen LogP contribution is -2.34. The van der Waals surface area contributed by atoms with Gasteiger partial charge in [-0.3, -0.25) is 9.79 Å². The number of likely N-dealkylation sites (N-methyl/N-ethyl adjacent to an activating group) is 1. The fraction of sp³-hybridized carbons (Fsp3) is 0.167. The predicted molar refractivity (Wildman–Crippen MR) is 128 cm³/mol. The molecule has 1 atom stereocenters. The van der Waals surface area contributed by atoms with Crippen LogP contribution in [0.15, 0.2) is 82.8 Å². The first-order chi connectivity index (χ1) is 14.3. The van der Waals surface area contributed by atoms with Gasteiger partial charge in [-0.2, -0.15) is 0 Å². The van der Waals surface area contributed by atoms with E-state index in [0.717, 1.165) is 26.9 Å². The number of rotatable bonds is 6. The van der Waals surface area contributed by atoms with Crippen molar-refractivity contribution in [3.8, 4) is 5.75 Å². The summed E-state index contributed by atoms with van der Waals surface area (Å²) in [6.45, 7) is 7.67. The molecule has 4 nitrogen and oxygen atoms in total. The minimum Gasteiger partial charge on any atom is -0.508 e. The van der Waals surface area contributed by atoms with Gasteiger partial charge in [-0.05, 0) is 60.9 Å². The van der Waals surface area contributed by atoms with E-state index in [0.29, 0.717) is 23.6 Å². The largest absolute Gasteiger partial charge is 0.508 e. The minimum absolute atomic E-state index is 0.0921. The van der Waals surface area contributed by atoms with Gasteiger partial charge in [0.15, 0.2) is 0 Å². The van der Waals surface area contributed by atoms with Crippen LogP contribution in [-0.4, -0.2) is 29.8 Å². The number of aromatic hydroxyl groups is 1. The van der Waals surface area contributed by atoms with E-state index in [1.165, 1.54) is 0 Å². The molecule has 154 valence electrons. The van der Waals surface area contributed by atoms with Crippen LogP contribution in [-0.2, 0) is 4.79 Å². The third-order valence-corrected chi connectivity index (χ3v) is 5.72. The summed E-state index contributed by atoms with van der Waals surface area (Å²) in [6, 6.07) is 11.6. The van der Waals surface area contributed by atoms with Crippen LogP contribution in [0, 0.1) is 0 Å². The number of allylic oxidation sites excluding steroid dienone is 4. The van der Waals surface area contributed by atoms with Crippen LogP contribution in [0.5, 0.6) is 5.75 Å². The quantitative estimate of drug-likeness (QED) is 0.508. The molecule has 30 heavy (non-hydrogen) atoms. The number of benzene rings is 2. The van der Waals surface area contributed by atoms with E-state index < -0.39 is 6.04 Å². The maximum absolute atomic E-state index is 13.2. The van der Waals surface area contributed by atoms with Crippen LogP contribution in [0.3, 0.4) is 0 Å². The van der Waals surface area contributed by atoms with Gasteiger partial charge in [0.05, 0.1) is 11.4 Å². The molecule has 1 N–H and O–H groups in total. The number of carbonyl (C=O) groups is 1. The maximum Gasteiger partial charge on any atom is 0.251 e. The number of phenols is 1. The highest BCUT2D eigenvalue weighted by Crippen LogP contribution is 2.32. The van der Waals surface area contributed by atoms with Crippen molar-refractivity contribution in [2.75, 3.05) is 11.9 Å². The van der Waals surface area contributed by atoms with Gasteiger partial charge in [-0.1, -0.05) is 52.8 Å². The molecule has 0 radical (unpaired) electrons. The molecular weight excluding hydrogens is 464 g/mol. The van der Waals surface area contributed by atoms with Crippen LogP contribution in [0.1, 0.15) is 24.0 Å². The van der Waals surface area contributed by atoms with Gasteiger partial charge in [0.2, 0.25) is 0 Å². The molecule has 1 unspecified atom stereocenters. The third kappa shape index (κ3) is 4.74. The monoisotopic (exact) mass is 484 g/mol. The SMILES string of the molecule is C=C/C=C(/CCC1N=C(c2ccc(O)cc2)c2cc(Cl)ccc2N(C)C1=O)C(=C)Br. The van der Waals surface area contributed by atoms with E-state index in [1.54, 1.807) is 48.4 Å². The first-order valence-electron chi connectivity index (χ1n) is 9.43. The van der Waals surface area contributed by atoms with E-state index in [1.807, 2.05) is 18.2 Å². The van der Waals surface area contributed by atoms with Gasteiger partial charge in [-0.15, -0.1) is 0 Å². The average Bonchev–Trinajstić information content (AvgIpc) is 2.81. The zero-order chi connectivity index (χ0) is 21.8. The Labute approximate surface area is 190 Å². The molecule has 0 fully saturated rings. The Balaban J connectivity index is 2.09. The molecule has 0 saturated carbocycles. The number of halogens is 2. The van der Waals surface area contributed by atoms with Gasteiger partial charge in [0, 0.05) is 27.7 Å². The van der Waals surface area contributed by atoms with E-state index in [-0.39, 0.29) is 11.7 Å². The number of nitrogens with zero attached hydrogens (tertiary/aromatic N) is 2. The zero-order valence-corrected chi connectivity index (χ0v) is 18.9. The number of amides is 1. The van der Waals surface area contributed by atoms with Crippen molar-refractivity contribution in [2.24, 2.45) is 4.99 Å². The Morgan fingerprint density at radius 1 is 1.30 bits per heavy atom. The molecule has 1 aliphatic heterocycles. The number of phenolic OH excluding ortho intramolecular Hbond substituents is 1. The van der Waals surface area contributed by atoms with Gasteiger partial charge in [0.1, 0.15) is 11.8 Å². The number of carbonyl (C=O) groups excluding carboxylic acids is 1. The van der Waals surface area contributed by atoms with E-state index >= 15 is 0 Å². The predicted octanol–water partition coefficient (Wildman–Crippen LogP) is 6.03. The minimum atomic E-state index is -0.579. The second kappa shape index (κ2) is 9.45. The molecule has 2 aromatic rings. The summed E-state index contributed by atoms with van der Waals surface area (Å²) in [5.41, 5.74) is 3.95. The molecule has 3 rings (SSSR count). The standard InChI is InChI=1S/C24H22BrClN2O2/c1-4-5-16(15(2)25)8-12-21-24(30)28(3)22-13-9-18(26)14-20(22)23(27-21)17-6-10-19(29)11-7-17/h4-7,9-11,13-14,21,29H,1-2,8,12H2,3H3/b16-5-. The van der Waals surface area contributed by atoms with Crippen molar-refractivity contribution in [1.82, 2.24) is 0 Å². The number of aliphatic imine (C=N–C) groups is 1. The molecule has 0 aliphatic carbocycles. The van der Waals surface area contributed by atoms with E-state index in [2.05, 4.69) is 29.1 Å². The van der Waals surface area contributed by atoms with Crippen molar-refractivity contribution in [3.05, 3.63) is 94.0 Å². The second-order valence-corrected chi connectivity index (χ2v) is 8.36. The molecule has 0 spiro atoms. The number of hydrogen-bond acceptors (Lipinski definition) is 3. The van der Waals surface area contributed by atoms with Crippen LogP contribution < -0.4 is 4.90 Å². The van der Waals surface area contributed by atoms with Gasteiger partial charge >= 0.3 is 0 Å². The number of benzodiazepines with no additional fused rings is 1. The molecule has 2 aromatic carbocycles. The number of anilines is 1. The van der Waals surface area contributed by atoms with Crippen molar-refractivity contribution in [1.29, 1.82) is 0 Å². The first-order valence-corrected chi connectivity index (χ1v) is 10.6. The molecule has 6 heteroatoms. The third-order valence-electron chi connectivity index (χ3n) is 4.97. The lowest BCUT2D eigenvalue weighted by atomic mass is 10.00. The van der Waals surface area contributed by atoms with Gasteiger partial charge in [0.25, 0.3) is 5.91 Å². The molecule has 1 amide bonds. The molecule has 0 aromatic heterocycles. The lowest BCUT2D eigenvalue weighted by molar-refractivity contribution is -0.119. The van der Waals surface area contributed by atoms with Crippen molar-refractivity contribution < 1.29 is 9.90 Å². The average molecular weight is 486 g/mol. The smallest absolute Gasteiger partial charge is 0.251 e. The zero-order valence-electron chi connectivity index (χ0n) is 16.6. The van der Waals surface area contributed by atoms with E-state index in [9.17, 15) is 9.90 Å². The highest BCUT2D eigenvalue weighted by Gasteiger charge is 2.30. The maximum atomic E-state index is 13.2. The molecular formula is C24H22BrClN2O2. The first kappa shape index (κ1) is 22.1. The Hall–Kier alpha value is -2.63. The van der Waals surface area contributed by atoms with Crippen LogP contribution in [0.4, 0.5) is 5.69 Å². The lowest BCUT2D eigenvalue weighted by Gasteiger charge is -2.20. The van der Waals surface area contributed by atoms with Crippen LogP contribution in [0.2, 0.25) is 5.02 Å². The molecule has 1 aliphatic rings. The summed E-state index contributed by atoms with van der Waals surface area (Å²) in [4.78, 5) is 19.7. The van der Waals surface area contributed by atoms with Crippen molar-refractivity contribution in [3.63, 3.8) is 0 Å². The highest BCUT2D eigenvalue weighted by atomic mass is 79.9. The second-order valence-electron chi connectivity index (χ2n) is 6.97. The van der Waals surface area contributed by atoms with Gasteiger partial charge < -0.3 is 10.0 Å². The Kier molecular flexibility index (Phi) is 6.95. The Morgan fingerprint density at radius 3 is 2.63 bits per heavy atom. The van der Waals surface area contributed by atoms with Gasteiger partial charge in [-0.25, -0.2) is 0 Å². The number of hydrogen-bond donors (Lipinski definition) is 1.